The average Bonchev–Trinajstić information content (AvgIpc) is 3.09. The average molecular weight is 375 g/mol. The molecule has 0 aliphatic heterocycles. The molecule has 0 bridgehead atoms. The number of halogens is 1. The molecule has 1 N–H and O–H groups in total. The Hall–Kier alpha value is -2.70. The Morgan fingerprint density at radius 2 is 1.89 bits per heavy atom. The largest absolute Gasteiger partial charge is 0.451 e. The summed E-state index contributed by atoms with van der Waals surface area (Å²) in [5.41, 5.74) is 0.739. The third-order valence-corrected chi connectivity index (χ3v) is 4.11. The lowest BCUT2D eigenvalue weighted by Gasteiger charge is -2.14. The molecule has 1 aromatic carbocycles. The number of carbonyl (C=O) groups excluding carboxylic acids is 2. The number of benzene rings is 1. The Bertz CT molecular complexity index is 756. The van der Waals surface area contributed by atoms with E-state index in [2.05, 4.69) is 24.1 Å². The van der Waals surface area contributed by atoms with Crippen molar-refractivity contribution in [2.24, 2.45) is 5.92 Å². The first-order chi connectivity index (χ1) is 12.9. The van der Waals surface area contributed by atoms with Gasteiger partial charge in [0.15, 0.2) is 12.3 Å². The normalized spacial score (nSPS) is 12.0. The molecule has 0 radical (unpaired) electrons. The smallest absolute Gasteiger partial charge is 0.357 e. The third kappa shape index (κ3) is 6.51. The van der Waals surface area contributed by atoms with E-state index in [-0.39, 0.29) is 30.1 Å². The van der Waals surface area contributed by atoms with E-state index in [1.54, 1.807) is 0 Å². The minimum absolute atomic E-state index is 0.0275. The van der Waals surface area contributed by atoms with Crippen LogP contribution >= 0.6 is 0 Å². The molecule has 0 aliphatic rings. The van der Waals surface area contributed by atoms with Crippen molar-refractivity contribution >= 4 is 11.9 Å². The van der Waals surface area contributed by atoms with Gasteiger partial charge in [-0.05, 0) is 43.5 Å². The number of esters is 1. The van der Waals surface area contributed by atoms with Gasteiger partial charge >= 0.3 is 5.97 Å². The highest BCUT2D eigenvalue weighted by Gasteiger charge is 2.17. The summed E-state index contributed by atoms with van der Waals surface area (Å²) >= 11 is 0. The van der Waals surface area contributed by atoms with Gasteiger partial charge in [0.1, 0.15) is 5.82 Å². The molecule has 1 heterocycles. The highest BCUT2D eigenvalue weighted by molar-refractivity contribution is 5.90. The lowest BCUT2D eigenvalue weighted by Crippen LogP contribution is -2.36. The van der Waals surface area contributed by atoms with Crippen molar-refractivity contribution in [3.05, 3.63) is 48.3 Å². The Balaban J connectivity index is 1.85. The zero-order valence-corrected chi connectivity index (χ0v) is 15.9. The maximum atomic E-state index is 13.1. The quantitative estimate of drug-likeness (QED) is 0.681. The van der Waals surface area contributed by atoms with Crippen molar-refractivity contribution in [3.63, 3.8) is 0 Å². The molecule has 1 atom stereocenters. The molecular weight excluding hydrogens is 349 g/mol. The minimum atomic E-state index is -0.667. The molecule has 1 amide bonds. The number of ether oxygens (including phenoxy) is 1. The molecule has 0 saturated heterocycles. The predicted molar refractivity (Wildman–Crippen MR) is 100 cm³/mol. The number of imidazole rings is 1. The monoisotopic (exact) mass is 375 g/mol. The molecule has 0 fully saturated rings. The van der Waals surface area contributed by atoms with Crippen molar-refractivity contribution in [1.29, 1.82) is 0 Å². The summed E-state index contributed by atoms with van der Waals surface area (Å²) in [6, 6.07) is 5.66. The van der Waals surface area contributed by atoms with Crippen LogP contribution < -0.4 is 5.32 Å². The van der Waals surface area contributed by atoms with Crippen molar-refractivity contribution in [1.82, 2.24) is 14.9 Å². The van der Waals surface area contributed by atoms with Gasteiger partial charge in [0, 0.05) is 11.7 Å². The lowest BCUT2D eigenvalue weighted by molar-refractivity contribution is -0.124. The van der Waals surface area contributed by atoms with E-state index in [1.165, 1.54) is 41.4 Å². The Morgan fingerprint density at radius 1 is 1.19 bits per heavy atom. The van der Waals surface area contributed by atoms with Gasteiger partial charge in [-0.1, -0.05) is 26.7 Å². The van der Waals surface area contributed by atoms with E-state index in [0.29, 0.717) is 11.6 Å². The minimum Gasteiger partial charge on any atom is -0.451 e. The van der Waals surface area contributed by atoms with Gasteiger partial charge in [-0.2, -0.15) is 0 Å². The van der Waals surface area contributed by atoms with Crippen LogP contribution in [0.3, 0.4) is 0 Å². The van der Waals surface area contributed by atoms with E-state index in [9.17, 15) is 14.0 Å². The summed E-state index contributed by atoms with van der Waals surface area (Å²) in [7, 11) is 0. The van der Waals surface area contributed by atoms with Crippen LogP contribution in [0.5, 0.6) is 0 Å². The SMILES string of the molecule is CC(C)CCCC(C)NC(=O)COC(=O)c1cncn1-c1ccc(F)cc1. The van der Waals surface area contributed by atoms with Crippen LogP contribution in [0.25, 0.3) is 5.69 Å². The summed E-state index contributed by atoms with van der Waals surface area (Å²) in [5, 5.41) is 2.83. The van der Waals surface area contributed by atoms with E-state index in [1.807, 2.05) is 6.92 Å². The third-order valence-electron chi connectivity index (χ3n) is 4.11. The summed E-state index contributed by atoms with van der Waals surface area (Å²) < 4.78 is 19.6. The second kappa shape index (κ2) is 9.85. The molecule has 1 aromatic heterocycles. The van der Waals surface area contributed by atoms with Crippen LogP contribution in [-0.4, -0.2) is 34.1 Å². The topological polar surface area (TPSA) is 73.2 Å². The van der Waals surface area contributed by atoms with Gasteiger partial charge in [-0.15, -0.1) is 0 Å². The predicted octanol–water partition coefficient (Wildman–Crippen LogP) is 3.50. The number of hydrogen-bond donors (Lipinski definition) is 1. The number of hydrogen-bond acceptors (Lipinski definition) is 4. The highest BCUT2D eigenvalue weighted by Crippen LogP contribution is 2.13. The summed E-state index contributed by atoms with van der Waals surface area (Å²) in [6.45, 7) is 5.91. The number of nitrogens with one attached hydrogen (secondary N) is 1. The first-order valence-electron chi connectivity index (χ1n) is 9.11. The Labute approximate surface area is 158 Å². The van der Waals surface area contributed by atoms with Gasteiger partial charge in [0.2, 0.25) is 0 Å². The first-order valence-corrected chi connectivity index (χ1v) is 9.11. The molecule has 2 aromatic rings. The van der Waals surface area contributed by atoms with Gasteiger partial charge < -0.3 is 10.1 Å². The van der Waals surface area contributed by atoms with Crippen LogP contribution in [0.15, 0.2) is 36.8 Å². The lowest BCUT2D eigenvalue weighted by atomic mass is 10.0. The first kappa shape index (κ1) is 20.6. The Morgan fingerprint density at radius 3 is 2.56 bits per heavy atom. The highest BCUT2D eigenvalue weighted by atomic mass is 19.1. The van der Waals surface area contributed by atoms with Gasteiger partial charge in [-0.25, -0.2) is 14.2 Å². The maximum absolute atomic E-state index is 13.1. The summed E-state index contributed by atoms with van der Waals surface area (Å²) in [6.07, 6.45) is 5.81. The van der Waals surface area contributed by atoms with Crippen LogP contribution in [-0.2, 0) is 9.53 Å². The molecule has 1 unspecified atom stereocenters. The van der Waals surface area contributed by atoms with Crippen LogP contribution in [0.1, 0.15) is 50.5 Å². The Kier molecular flexibility index (Phi) is 7.52. The molecule has 7 heteroatoms. The molecule has 146 valence electrons. The van der Waals surface area contributed by atoms with Crippen LogP contribution in [0, 0.1) is 11.7 Å². The zero-order chi connectivity index (χ0) is 19.8. The molecule has 6 nitrogen and oxygen atoms in total. The second-order valence-electron chi connectivity index (χ2n) is 6.99. The van der Waals surface area contributed by atoms with Crippen molar-refractivity contribution in [2.75, 3.05) is 6.61 Å². The van der Waals surface area contributed by atoms with E-state index in [0.717, 1.165) is 19.3 Å². The molecule has 0 aliphatic carbocycles. The van der Waals surface area contributed by atoms with Crippen molar-refractivity contribution in [2.45, 2.75) is 46.1 Å². The fraction of sp³-hybridized carbons (Fsp3) is 0.450. The molecule has 0 spiro atoms. The summed E-state index contributed by atoms with van der Waals surface area (Å²) in [4.78, 5) is 28.2. The number of amides is 1. The zero-order valence-electron chi connectivity index (χ0n) is 15.9. The van der Waals surface area contributed by atoms with Crippen molar-refractivity contribution < 1.29 is 18.7 Å². The van der Waals surface area contributed by atoms with E-state index < -0.39 is 5.97 Å². The molecular formula is C20H26FN3O3. The number of carbonyl (C=O) groups is 2. The van der Waals surface area contributed by atoms with Gasteiger partial charge in [0.05, 0.1) is 12.5 Å². The fourth-order valence-corrected chi connectivity index (χ4v) is 2.68. The standard InChI is InChI=1S/C20H26FN3O3/c1-14(2)5-4-6-15(3)23-19(25)12-27-20(26)18-11-22-13-24(18)17-9-7-16(21)8-10-17/h7-11,13-15H,4-6,12H2,1-3H3,(H,23,25). The van der Waals surface area contributed by atoms with Gasteiger partial charge in [-0.3, -0.25) is 9.36 Å². The van der Waals surface area contributed by atoms with E-state index in [4.69, 9.17) is 4.74 Å². The molecule has 2 rings (SSSR count). The summed E-state index contributed by atoms with van der Waals surface area (Å²) in [5.74, 6) is -0.741. The second-order valence-corrected chi connectivity index (χ2v) is 6.99. The van der Waals surface area contributed by atoms with E-state index >= 15 is 0 Å². The van der Waals surface area contributed by atoms with Gasteiger partial charge in [0.25, 0.3) is 5.91 Å². The van der Waals surface area contributed by atoms with Crippen LogP contribution in [0.2, 0.25) is 0 Å². The number of rotatable bonds is 9. The van der Waals surface area contributed by atoms with Crippen molar-refractivity contribution in [3.8, 4) is 5.69 Å². The maximum Gasteiger partial charge on any atom is 0.357 e. The number of aromatic nitrogens is 2. The molecule has 0 saturated carbocycles. The molecule has 27 heavy (non-hydrogen) atoms. The number of nitrogens with zero attached hydrogens (tertiary/aromatic N) is 2. The van der Waals surface area contributed by atoms with Crippen LogP contribution in [0.4, 0.5) is 4.39 Å². The fourth-order valence-electron chi connectivity index (χ4n) is 2.68.